The van der Waals surface area contributed by atoms with Crippen molar-refractivity contribution in [3.8, 4) is 11.5 Å². The number of pyridine rings is 1. The number of imidazole rings is 1. The summed E-state index contributed by atoms with van der Waals surface area (Å²) in [4.78, 5) is 4.76. The number of furan rings is 1. The van der Waals surface area contributed by atoms with E-state index in [1.165, 1.54) is 0 Å². The first-order chi connectivity index (χ1) is 11.2. The molecule has 0 saturated heterocycles. The number of nitrogens with zero attached hydrogens (tertiary/aromatic N) is 2. The third-order valence-corrected chi connectivity index (χ3v) is 3.85. The van der Waals surface area contributed by atoms with Crippen LogP contribution in [0.3, 0.4) is 0 Å². The molecule has 4 rings (SSSR count). The molecule has 0 aliphatic heterocycles. The number of anilines is 2. The number of aryl methyl sites for hydroxylation is 2. The van der Waals surface area contributed by atoms with Crippen LogP contribution in [0.5, 0.6) is 0 Å². The van der Waals surface area contributed by atoms with Crippen molar-refractivity contribution in [3.63, 3.8) is 0 Å². The lowest BCUT2D eigenvalue weighted by atomic mass is 10.3. The van der Waals surface area contributed by atoms with Gasteiger partial charge < -0.3 is 9.73 Å². The van der Waals surface area contributed by atoms with Crippen molar-refractivity contribution in [1.82, 2.24) is 9.38 Å². The number of rotatable bonds is 3. The van der Waals surface area contributed by atoms with E-state index < -0.39 is 0 Å². The molecule has 0 unspecified atom stereocenters. The van der Waals surface area contributed by atoms with Crippen molar-refractivity contribution in [1.29, 1.82) is 0 Å². The van der Waals surface area contributed by atoms with Crippen LogP contribution in [0.4, 0.5) is 11.5 Å². The average molecular weight is 303 g/mol. The highest BCUT2D eigenvalue weighted by Gasteiger charge is 2.18. The van der Waals surface area contributed by atoms with E-state index in [9.17, 15) is 0 Å². The van der Waals surface area contributed by atoms with Crippen LogP contribution >= 0.6 is 0 Å². The molecule has 3 heterocycles. The highest BCUT2D eigenvalue weighted by molar-refractivity contribution is 5.77. The number of hydrogen-bond acceptors (Lipinski definition) is 3. The fourth-order valence-corrected chi connectivity index (χ4v) is 2.76. The van der Waals surface area contributed by atoms with Crippen molar-refractivity contribution in [2.24, 2.45) is 0 Å². The molecule has 1 aromatic carbocycles. The first-order valence-corrected chi connectivity index (χ1v) is 7.59. The maximum Gasteiger partial charge on any atom is 0.156 e. The fraction of sp³-hybridized carbons (Fsp3) is 0.105. The molecule has 4 heteroatoms. The van der Waals surface area contributed by atoms with Gasteiger partial charge in [-0.3, -0.25) is 4.40 Å². The standard InChI is InChI=1S/C19H17N3O/c1-13-7-6-10-17-21-18(16-12-11-14(2)23-16)19(22(13)17)20-15-8-4-3-5-9-15/h3-12,20H,1-2H3. The van der Waals surface area contributed by atoms with Crippen LogP contribution in [0.25, 0.3) is 17.1 Å². The van der Waals surface area contributed by atoms with Gasteiger partial charge in [-0.25, -0.2) is 4.98 Å². The first kappa shape index (κ1) is 13.6. The molecular formula is C19H17N3O. The molecule has 0 atom stereocenters. The van der Waals surface area contributed by atoms with Crippen molar-refractivity contribution in [2.45, 2.75) is 13.8 Å². The summed E-state index contributed by atoms with van der Waals surface area (Å²) in [6.45, 7) is 4.01. The Hall–Kier alpha value is -3.01. The highest BCUT2D eigenvalue weighted by atomic mass is 16.3. The monoisotopic (exact) mass is 303 g/mol. The molecule has 0 bridgehead atoms. The molecule has 0 amide bonds. The topological polar surface area (TPSA) is 42.5 Å². The second-order valence-corrected chi connectivity index (χ2v) is 5.57. The van der Waals surface area contributed by atoms with E-state index in [1.54, 1.807) is 0 Å². The largest absolute Gasteiger partial charge is 0.460 e. The van der Waals surface area contributed by atoms with E-state index in [0.29, 0.717) is 0 Å². The number of hydrogen-bond donors (Lipinski definition) is 1. The van der Waals surface area contributed by atoms with Crippen molar-refractivity contribution < 1.29 is 4.42 Å². The van der Waals surface area contributed by atoms with E-state index in [4.69, 9.17) is 9.40 Å². The summed E-state index contributed by atoms with van der Waals surface area (Å²) in [6.07, 6.45) is 0. The smallest absolute Gasteiger partial charge is 0.156 e. The van der Waals surface area contributed by atoms with Crippen LogP contribution in [0, 0.1) is 13.8 Å². The van der Waals surface area contributed by atoms with Crippen LogP contribution in [-0.2, 0) is 0 Å². The van der Waals surface area contributed by atoms with Gasteiger partial charge in [0.2, 0.25) is 0 Å². The van der Waals surface area contributed by atoms with Crippen molar-refractivity contribution in [2.75, 3.05) is 5.32 Å². The molecule has 0 saturated carbocycles. The zero-order chi connectivity index (χ0) is 15.8. The molecule has 0 fully saturated rings. The molecule has 0 radical (unpaired) electrons. The second-order valence-electron chi connectivity index (χ2n) is 5.57. The molecule has 0 aliphatic rings. The van der Waals surface area contributed by atoms with Crippen LogP contribution < -0.4 is 5.32 Å². The van der Waals surface area contributed by atoms with Gasteiger partial charge >= 0.3 is 0 Å². The second kappa shape index (κ2) is 5.32. The first-order valence-electron chi connectivity index (χ1n) is 7.59. The average Bonchev–Trinajstić information content (AvgIpc) is 3.13. The normalized spacial score (nSPS) is 11.0. The minimum atomic E-state index is 0.768. The summed E-state index contributed by atoms with van der Waals surface area (Å²) in [7, 11) is 0. The Morgan fingerprint density at radius 2 is 1.74 bits per heavy atom. The Morgan fingerprint density at radius 3 is 2.48 bits per heavy atom. The molecule has 4 nitrogen and oxygen atoms in total. The Bertz CT molecular complexity index is 967. The van der Waals surface area contributed by atoms with Gasteiger partial charge in [0.1, 0.15) is 22.9 Å². The Kier molecular flexibility index (Phi) is 3.15. The fourth-order valence-electron chi connectivity index (χ4n) is 2.76. The van der Waals surface area contributed by atoms with Gasteiger partial charge in [0.05, 0.1) is 0 Å². The summed E-state index contributed by atoms with van der Waals surface area (Å²) in [5, 5.41) is 3.48. The Balaban J connectivity index is 1.95. The SMILES string of the molecule is Cc1ccc(-c2nc3cccc(C)n3c2Nc2ccccc2)o1. The molecule has 0 aliphatic carbocycles. The zero-order valence-electron chi connectivity index (χ0n) is 13.1. The van der Waals surface area contributed by atoms with Crippen LogP contribution in [0.15, 0.2) is 65.1 Å². The Labute approximate surface area is 134 Å². The minimum Gasteiger partial charge on any atom is -0.460 e. The molecule has 114 valence electrons. The third kappa shape index (κ3) is 2.38. The van der Waals surface area contributed by atoms with E-state index in [-0.39, 0.29) is 0 Å². The van der Waals surface area contributed by atoms with Gasteiger partial charge in [0.25, 0.3) is 0 Å². The van der Waals surface area contributed by atoms with Gasteiger partial charge in [-0.1, -0.05) is 24.3 Å². The molecule has 0 spiro atoms. The third-order valence-electron chi connectivity index (χ3n) is 3.85. The van der Waals surface area contributed by atoms with Gasteiger partial charge in [-0.05, 0) is 50.2 Å². The van der Waals surface area contributed by atoms with Crippen molar-refractivity contribution in [3.05, 3.63) is 72.1 Å². The van der Waals surface area contributed by atoms with E-state index in [1.807, 2.05) is 61.5 Å². The predicted molar refractivity (Wildman–Crippen MR) is 92.1 cm³/mol. The van der Waals surface area contributed by atoms with Gasteiger partial charge in [-0.2, -0.15) is 0 Å². The van der Waals surface area contributed by atoms with Crippen LogP contribution in [0.2, 0.25) is 0 Å². The molecular weight excluding hydrogens is 286 g/mol. The molecule has 1 N–H and O–H groups in total. The summed E-state index contributed by atoms with van der Waals surface area (Å²) in [5.74, 6) is 2.56. The Morgan fingerprint density at radius 1 is 0.913 bits per heavy atom. The van der Waals surface area contributed by atoms with Crippen LogP contribution in [0.1, 0.15) is 11.5 Å². The number of nitrogens with one attached hydrogen (secondary N) is 1. The number of aromatic nitrogens is 2. The van der Waals surface area contributed by atoms with E-state index in [0.717, 1.165) is 40.1 Å². The highest BCUT2D eigenvalue weighted by Crippen LogP contribution is 2.32. The number of benzene rings is 1. The van der Waals surface area contributed by atoms with Gasteiger partial charge in [0.15, 0.2) is 5.76 Å². The lowest BCUT2D eigenvalue weighted by Crippen LogP contribution is -1.99. The molecule has 3 aromatic heterocycles. The number of fused-ring (bicyclic) bond motifs is 1. The van der Waals surface area contributed by atoms with E-state index in [2.05, 4.69) is 22.7 Å². The summed E-state index contributed by atoms with van der Waals surface area (Å²) < 4.78 is 7.91. The lowest BCUT2D eigenvalue weighted by Gasteiger charge is -2.09. The summed E-state index contributed by atoms with van der Waals surface area (Å²) in [6, 6.07) is 20.1. The quantitative estimate of drug-likeness (QED) is 0.582. The van der Waals surface area contributed by atoms with Gasteiger partial charge in [0, 0.05) is 11.4 Å². The molecule has 23 heavy (non-hydrogen) atoms. The zero-order valence-corrected chi connectivity index (χ0v) is 13.1. The van der Waals surface area contributed by atoms with Gasteiger partial charge in [-0.15, -0.1) is 0 Å². The molecule has 4 aromatic rings. The van der Waals surface area contributed by atoms with Crippen molar-refractivity contribution >= 4 is 17.2 Å². The minimum absolute atomic E-state index is 0.768. The lowest BCUT2D eigenvalue weighted by molar-refractivity contribution is 0.547. The van der Waals surface area contributed by atoms with Crippen LogP contribution in [-0.4, -0.2) is 9.38 Å². The predicted octanol–water partition coefficient (Wildman–Crippen LogP) is 4.95. The van der Waals surface area contributed by atoms with E-state index >= 15 is 0 Å². The maximum atomic E-state index is 5.80. The summed E-state index contributed by atoms with van der Waals surface area (Å²) in [5.41, 5.74) is 3.84. The maximum absolute atomic E-state index is 5.80. The summed E-state index contributed by atoms with van der Waals surface area (Å²) >= 11 is 0. The number of para-hydroxylation sites is 1.